The molecule has 6 heteroatoms. The summed E-state index contributed by atoms with van der Waals surface area (Å²) in [6.07, 6.45) is 1.85. The second-order valence-electron chi connectivity index (χ2n) is 4.78. The Labute approximate surface area is 125 Å². The minimum atomic E-state index is -0.931. The number of halogens is 1. The predicted molar refractivity (Wildman–Crippen MR) is 81.7 cm³/mol. The number of nitrogens with two attached hydrogens (primary N) is 1. The van der Waals surface area contributed by atoms with E-state index in [2.05, 4.69) is 5.16 Å². The Hall–Kier alpha value is -1.14. The van der Waals surface area contributed by atoms with E-state index in [4.69, 9.17) is 21.2 Å². The topological polar surface area (TPSA) is 99.1 Å². The summed E-state index contributed by atoms with van der Waals surface area (Å²) in [5, 5.41) is 30.3. The molecule has 0 aliphatic heterocycles. The molecule has 114 valence electrons. The second kappa shape index (κ2) is 8.92. The Balaban J connectivity index is 0.00000361. The number of rotatable bonds is 7. The van der Waals surface area contributed by atoms with Crippen molar-refractivity contribution in [2.24, 2.45) is 10.9 Å². The summed E-state index contributed by atoms with van der Waals surface area (Å²) in [6, 6.07) is 7.66. The Morgan fingerprint density at radius 2 is 1.75 bits per heavy atom. The number of hydrogen-bond acceptors (Lipinski definition) is 5. The lowest BCUT2D eigenvalue weighted by Gasteiger charge is -2.24. The van der Waals surface area contributed by atoms with Crippen LogP contribution >= 0.6 is 12.4 Å². The van der Waals surface area contributed by atoms with E-state index >= 15 is 0 Å². The normalized spacial score (nSPS) is 12.1. The van der Waals surface area contributed by atoms with Crippen molar-refractivity contribution in [2.45, 2.75) is 31.7 Å². The summed E-state index contributed by atoms with van der Waals surface area (Å²) >= 11 is 0. The molecule has 0 aliphatic rings. The average Bonchev–Trinajstić information content (AvgIpc) is 2.47. The lowest BCUT2D eigenvalue weighted by Crippen LogP contribution is -2.47. The number of aliphatic hydroxyl groups is 2. The Morgan fingerprint density at radius 1 is 1.20 bits per heavy atom. The molecule has 0 saturated heterocycles. The van der Waals surface area contributed by atoms with Gasteiger partial charge in [-0.05, 0) is 30.4 Å². The van der Waals surface area contributed by atoms with E-state index in [1.165, 1.54) is 0 Å². The van der Waals surface area contributed by atoms with Gasteiger partial charge in [0, 0.05) is 0 Å². The minimum absolute atomic E-state index is 0. The largest absolute Gasteiger partial charge is 0.411 e. The van der Waals surface area contributed by atoms with Crippen molar-refractivity contribution < 1.29 is 15.4 Å². The molecule has 0 amide bonds. The van der Waals surface area contributed by atoms with Gasteiger partial charge in [0.05, 0.1) is 24.5 Å². The number of hydrogen-bond donors (Lipinski definition) is 4. The molecule has 0 saturated carbocycles. The molecule has 0 heterocycles. The summed E-state index contributed by atoms with van der Waals surface area (Å²) in [5.41, 5.74) is 7.48. The molecule has 5 nitrogen and oxygen atoms in total. The predicted octanol–water partition coefficient (Wildman–Crippen LogP) is 1.31. The smallest absolute Gasteiger partial charge is 0.0865 e. The van der Waals surface area contributed by atoms with Crippen molar-refractivity contribution in [2.75, 3.05) is 13.2 Å². The highest BCUT2D eigenvalue weighted by molar-refractivity contribution is 5.99. The van der Waals surface area contributed by atoms with Crippen molar-refractivity contribution in [3.05, 3.63) is 35.4 Å². The van der Waals surface area contributed by atoms with Crippen LogP contribution in [-0.2, 0) is 6.42 Å². The zero-order chi connectivity index (χ0) is 14.3. The molecule has 0 unspecified atom stereocenters. The lowest BCUT2D eigenvalue weighted by atomic mass is 9.93. The first-order valence-corrected chi connectivity index (χ1v) is 6.39. The van der Waals surface area contributed by atoms with Crippen molar-refractivity contribution in [3.63, 3.8) is 0 Å². The molecular weight excluding hydrogens is 280 g/mol. The number of benzene rings is 1. The minimum Gasteiger partial charge on any atom is -0.411 e. The average molecular weight is 303 g/mol. The van der Waals surface area contributed by atoms with E-state index in [0.29, 0.717) is 25.0 Å². The Kier molecular flexibility index (Phi) is 8.41. The van der Waals surface area contributed by atoms with Gasteiger partial charge >= 0.3 is 0 Å². The van der Waals surface area contributed by atoms with Gasteiger partial charge in [-0.2, -0.15) is 0 Å². The molecule has 0 atom stereocenters. The van der Waals surface area contributed by atoms with Crippen LogP contribution in [0.3, 0.4) is 0 Å². The van der Waals surface area contributed by atoms with E-state index in [9.17, 15) is 0 Å². The van der Waals surface area contributed by atoms with E-state index < -0.39 is 5.54 Å². The third kappa shape index (κ3) is 5.09. The van der Waals surface area contributed by atoms with E-state index in [1.807, 2.05) is 31.2 Å². The van der Waals surface area contributed by atoms with Gasteiger partial charge in [0.1, 0.15) is 0 Å². The van der Waals surface area contributed by atoms with Crippen molar-refractivity contribution in [1.82, 2.24) is 0 Å². The molecule has 20 heavy (non-hydrogen) atoms. The monoisotopic (exact) mass is 302 g/mol. The van der Waals surface area contributed by atoms with Crippen LogP contribution in [0, 0.1) is 0 Å². The first kappa shape index (κ1) is 18.9. The third-order valence-electron chi connectivity index (χ3n) is 3.28. The molecular formula is C14H23ClN2O3. The quantitative estimate of drug-likeness (QED) is 0.347. The first-order valence-electron chi connectivity index (χ1n) is 6.39. The fourth-order valence-corrected chi connectivity index (χ4v) is 1.80. The molecule has 0 radical (unpaired) electrons. The van der Waals surface area contributed by atoms with Gasteiger partial charge < -0.3 is 21.2 Å². The summed E-state index contributed by atoms with van der Waals surface area (Å²) in [6.45, 7) is 1.45. The molecule has 1 aromatic carbocycles. The first-order chi connectivity index (χ1) is 9.08. The lowest BCUT2D eigenvalue weighted by molar-refractivity contribution is 0.115. The molecule has 0 fully saturated rings. The molecule has 0 spiro atoms. The van der Waals surface area contributed by atoms with Crippen molar-refractivity contribution in [3.8, 4) is 0 Å². The molecule has 0 aliphatic carbocycles. The summed E-state index contributed by atoms with van der Waals surface area (Å²) in [4.78, 5) is 0. The number of oxime groups is 1. The van der Waals surface area contributed by atoms with Crippen molar-refractivity contribution in [1.29, 1.82) is 0 Å². The van der Waals surface area contributed by atoms with Crippen molar-refractivity contribution >= 4 is 18.1 Å². The molecule has 5 N–H and O–H groups in total. The Morgan fingerprint density at radius 3 is 2.15 bits per heavy atom. The Bertz CT molecular complexity index is 417. The van der Waals surface area contributed by atoms with Gasteiger partial charge in [0.25, 0.3) is 0 Å². The van der Waals surface area contributed by atoms with Gasteiger partial charge in [0.2, 0.25) is 0 Å². The van der Waals surface area contributed by atoms with Gasteiger partial charge in [-0.1, -0.05) is 36.3 Å². The third-order valence-corrected chi connectivity index (χ3v) is 3.28. The number of aliphatic hydroxyl groups excluding tert-OH is 2. The van der Waals surface area contributed by atoms with Crippen LogP contribution in [0.5, 0.6) is 0 Å². The molecule has 0 aromatic heterocycles. The fourth-order valence-electron chi connectivity index (χ4n) is 1.80. The highest BCUT2D eigenvalue weighted by atomic mass is 35.5. The van der Waals surface area contributed by atoms with Crippen LogP contribution in [0.15, 0.2) is 29.4 Å². The second-order valence-corrected chi connectivity index (χ2v) is 4.78. The van der Waals surface area contributed by atoms with Crippen LogP contribution in [0.2, 0.25) is 0 Å². The van der Waals surface area contributed by atoms with Gasteiger partial charge in [0.15, 0.2) is 0 Å². The zero-order valence-corrected chi connectivity index (χ0v) is 12.4. The number of nitrogens with zero attached hydrogens (tertiary/aromatic N) is 1. The van der Waals surface area contributed by atoms with E-state index in [-0.39, 0.29) is 25.6 Å². The van der Waals surface area contributed by atoms with Gasteiger partial charge in [-0.25, -0.2) is 0 Å². The van der Waals surface area contributed by atoms with Crippen LogP contribution in [-0.4, -0.2) is 39.9 Å². The zero-order valence-electron chi connectivity index (χ0n) is 11.6. The highest BCUT2D eigenvalue weighted by Gasteiger charge is 2.22. The van der Waals surface area contributed by atoms with E-state index in [1.54, 1.807) is 0 Å². The summed E-state index contributed by atoms with van der Waals surface area (Å²) in [5.74, 6) is 0. The molecule has 1 aromatic rings. The van der Waals surface area contributed by atoms with Gasteiger partial charge in [-0.15, -0.1) is 12.4 Å². The maximum atomic E-state index is 9.12. The fraction of sp³-hybridized carbons (Fsp3) is 0.500. The number of aryl methyl sites for hydroxylation is 1. The summed E-state index contributed by atoms with van der Waals surface area (Å²) < 4.78 is 0. The van der Waals surface area contributed by atoms with Crippen LogP contribution in [0.1, 0.15) is 30.9 Å². The standard InChI is InChI=1S/C14H22N2O3.ClH/c1-2-13(16-19)12-5-3-11(4-6-12)7-8-14(15,9-17)10-18;/h3-6,17-19H,2,7-10,15H2,1H3;1H/b16-13-;. The summed E-state index contributed by atoms with van der Waals surface area (Å²) in [7, 11) is 0. The van der Waals surface area contributed by atoms with Crippen LogP contribution in [0.4, 0.5) is 0 Å². The SMILES string of the molecule is CC/C(=N/O)c1ccc(CCC(N)(CO)CO)cc1.Cl. The van der Waals surface area contributed by atoms with Crippen LogP contribution in [0.25, 0.3) is 0 Å². The molecule has 0 bridgehead atoms. The van der Waals surface area contributed by atoms with Crippen LogP contribution < -0.4 is 5.73 Å². The molecule has 1 rings (SSSR count). The maximum absolute atomic E-state index is 9.12. The van der Waals surface area contributed by atoms with E-state index in [0.717, 1.165) is 11.1 Å². The maximum Gasteiger partial charge on any atom is 0.0865 e. The van der Waals surface area contributed by atoms with Gasteiger partial charge in [-0.3, -0.25) is 0 Å². The highest BCUT2D eigenvalue weighted by Crippen LogP contribution is 2.13.